The van der Waals surface area contributed by atoms with Crippen molar-refractivity contribution in [2.75, 3.05) is 13.2 Å². The number of hydrogen-bond acceptors (Lipinski definition) is 10. The van der Waals surface area contributed by atoms with Gasteiger partial charge in [0.1, 0.15) is 45.6 Å². The molecule has 2 bridgehead atoms. The van der Waals surface area contributed by atoms with Gasteiger partial charge in [-0.3, -0.25) is 4.79 Å². The quantitative estimate of drug-likeness (QED) is 0.116. The minimum absolute atomic E-state index is 0.0138. The second kappa shape index (κ2) is 12.0. The number of phenolic OH excluding ortho intramolecular Hbond substituents is 3. The first-order valence-corrected chi connectivity index (χ1v) is 13.6. The molecule has 0 atom stereocenters. The standard InChI is InChI=1S/C33H26O13/c34-24-10-9-21(32(43)44)28(37)25(24)29(38)22-11-18-12-33(13-23(26(18)35)27(22)36,14-45-19-5-1-16(2-6-19)30(39)40)15-46-20-7-3-17(4-8-20)31(41)42/h1-11,34-37H,12-15H2,(H,39,40)(H,41,42)(H,43,44). The van der Waals surface area contributed by atoms with E-state index in [9.17, 15) is 54.9 Å². The molecule has 0 amide bonds. The van der Waals surface area contributed by atoms with E-state index in [0.29, 0.717) is 11.5 Å². The SMILES string of the molecule is O=C(O)c1ccc(OCC2(COc3ccc(C(=O)O)cc3)Cc3cc(C(=O)c4c(O)ccc(C(=O)O)c4O)c(O)c(c3O)C2)cc1. The van der Waals surface area contributed by atoms with Crippen LogP contribution in [0.15, 0.2) is 66.7 Å². The number of carboxylic acids is 3. The average Bonchev–Trinajstić information content (AvgIpc) is 3.02. The highest BCUT2D eigenvalue weighted by Crippen LogP contribution is 2.48. The fourth-order valence-electron chi connectivity index (χ4n) is 5.31. The normalized spacial score (nSPS) is 13.0. The van der Waals surface area contributed by atoms with Crippen LogP contribution in [0.5, 0.6) is 34.5 Å². The molecule has 0 unspecified atom stereocenters. The van der Waals surface area contributed by atoms with E-state index >= 15 is 0 Å². The molecule has 1 aliphatic carbocycles. The van der Waals surface area contributed by atoms with Crippen LogP contribution in [-0.2, 0) is 12.8 Å². The summed E-state index contributed by atoms with van der Waals surface area (Å²) in [6.45, 7) is -0.168. The van der Waals surface area contributed by atoms with E-state index in [1.54, 1.807) is 0 Å². The van der Waals surface area contributed by atoms with E-state index in [4.69, 9.17) is 9.47 Å². The van der Waals surface area contributed by atoms with Crippen molar-refractivity contribution >= 4 is 23.7 Å². The zero-order valence-electron chi connectivity index (χ0n) is 23.8. The highest BCUT2D eigenvalue weighted by Gasteiger charge is 2.42. The molecule has 0 heterocycles. The van der Waals surface area contributed by atoms with Crippen molar-refractivity contribution in [3.63, 3.8) is 0 Å². The Kier molecular flexibility index (Phi) is 8.16. The summed E-state index contributed by atoms with van der Waals surface area (Å²) in [4.78, 5) is 47.5. The van der Waals surface area contributed by atoms with Crippen molar-refractivity contribution in [3.05, 3.63) is 106 Å². The third kappa shape index (κ3) is 5.93. The summed E-state index contributed by atoms with van der Waals surface area (Å²) in [6.07, 6.45) is -0.105. The molecule has 0 saturated carbocycles. The van der Waals surface area contributed by atoms with Crippen molar-refractivity contribution in [1.29, 1.82) is 0 Å². The van der Waals surface area contributed by atoms with Crippen LogP contribution < -0.4 is 9.47 Å². The number of benzene rings is 4. The Hall–Kier alpha value is -6.24. The van der Waals surface area contributed by atoms with E-state index in [1.807, 2.05) is 0 Å². The Morgan fingerprint density at radius 2 is 1.13 bits per heavy atom. The van der Waals surface area contributed by atoms with E-state index in [0.717, 1.165) is 12.1 Å². The Morgan fingerprint density at radius 3 is 1.61 bits per heavy atom. The summed E-state index contributed by atoms with van der Waals surface area (Å²) in [5.41, 5.74) is -2.62. The lowest BCUT2D eigenvalue weighted by atomic mass is 9.71. The highest BCUT2D eigenvalue weighted by molar-refractivity contribution is 6.15. The Labute approximate surface area is 259 Å². The molecule has 46 heavy (non-hydrogen) atoms. The van der Waals surface area contributed by atoms with Gasteiger partial charge in [0.25, 0.3) is 0 Å². The Balaban J connectivity index is 1.50. The number of carboxylic acid groups (broad SMARTS) is 3. The number of phenols is 4. The van der Waals surface area contributed by atoms with Crippen LogP contribution >= 0.6 is 0 Å². The van der Waals surface area contributed by atoms with Crippen molar-refractivity contribution in [2.24, 2.45) is 5.41 Å². The number of ketones is 1. The lowest BCUT2D eigenvalue weighted by Gasteiger charge is -2.38. The minimum Gasteiger partial charge on any atom is -0.507 e. The first-order valence-electron chi connectivity index (χ1n) is 13.6. The monoisotopic (exact) mass is 630 g/mol. The molecule has 0 aliphatic heterocycles. The maximum absolute atomic E-state index is 13.5. The van der Waals surface area contributed by atoms with Gasteiger partial charge in [-0.1, -0.05) is 0 Å². The first-order chi connectivity index (χ1) is 21.8. The van der Waals surface area contributed by atoms with Crippen LogP contribution in [0.3, 0.4) is 0 Å². The molecule has 13 nitrogen and oxygen atoms in total. The molecule has 0 aromatic heterocycles. The van der Waals surface area contributed by atoms with E-state index < -0.39 is 63.0 Å². The van der Waals surface area contributed by atoms with Gasteiger partial charge in [-0.15, -0.1) is 0 Å². The largest absolute Gasteiger partial charge is 0.507 e. The van der Waals surface area contributed by atoms with Gasteiger partial charge in [-0.05, 0) is 85.1 Å². The van der Waals surface area contributed by atoms with Gasteiger partial charge in [-0.25, -0.2) is 14.4 Å². The summed E-state index contributed by atoms with van der Waals surface area (Å²) in [6, 6.07) is 14.3. The van der Waals surface area contributed by atoms with Crippen molar-refractivity contribution < 1.29 is 64.4 Å². The lowest BCUT2D eigenvalue weighted by molar-refractivity contribution is 0.0682. The van der Waals surface area contributed by atoms with Crippen molar-refractivity contribution in [3.8, 4) is 34.5 Å². The second-order valence-electron chi connectivity index (χ2n) is 10.8. The number of ether oxygens (including phenoxy) is 2. The minimum atomic E-state index is -1.55. The molecule has 236 valence electrons. The van der Waals surface area contributed by atoms with Gasteiger partial charge in [-0.2, -0.15) is 0 Å². The molecule has 13 heteroatoms. The topological polar surface area (TPSA) is 228 Å². The van der Waals surface area contributed by atoms with Gasteiger partial charge >= 0.3 is 17.9 Å². The molecule has 0 saturated heterocycles. The van der Waals surface area contributed by atoms with E-state index in [-0.39, 0.29) is 54.1 Å². The molecule has 4 aromatic rings. The zero-order valence-corrected chi connectivity index (χ0v) is 23.8. The molecular formula is C33H26O13. The molecule has 0 spiro atoms. The third-order valence-electron chi connectivity index (χ3n) is 7.72. The van der Waals surface area contributed by atoms with E-state index in [1.165, 1.54) is 54.6 Å². The molecule has 0 fully saturated rings. The van der Waals surface area contributed by atoms with Gasteiger partial charge < -0.3 is 45.2 Å². The van der Waals surface area contributed by atoms with Crippen molar-refractivity contribution in [2.45, 2.75) is 12.8 Å². The van der Waals surface area contributed by atoms with Crippen LogP contribution in [0, 0.1) is 5.41 Å². The van der Waals surface area contributed by atoms with Crippen molar-refractivity contribution in [1.82, 2.24) is 0 Å². The highest BCUT2D eigenvalue weighted by atomic mass is 16.5. The van der Waals surface area contributed by atoms with Gasteiger partial charge in [0.2, 0.25) is 5.78 Å². The first kappa shape index (κ1) is 31.2. The third-order valence-corrected chi connectivity index (χ3v) is 7.72. The van der Waals surface area contributed by atoms with Gasteiger partial charge in [0.05, 0.1) is 29.9 Å². The smallest absolute Gasteiger partial charge is 0.339 e. The zero-order chi connectivity index (χ0) is 33.3. The lowest BCUT2D eigenvalue weighted by Crippen LogP contribution is -2.41. The summed E-state index contributed by atoms with van der Waals surface area (Å²) in [5, 5.41) is 70.7. The number of fused-ring (bicyclic) bond motifs is 2. The Morgan fingerprint density at radius 1 is 0.609 bits per heavy atom. The van der Waals surface area contributed by atoms with E-state index in [2.05, 4.69) is 0 Å². The van der Waals surface area contributed by atoms with Crippen LogP contribution in [0.4, 0.5) is 0 Å². The predicted molar refractivity (Wildman–Crippen MR) is 158 cm³/mol. The fraction of sp³-hybridized carbons (Fsp3) is 0.152. The number of carbonyl (C=O) groups is 4. The molecule has 0 radical (unpaired) electrons. The van der Waals surface area contributed by atoms with Gasteiger partial charge in [0, 0.05) is 11.0 Å². The van der Waals surface area contributed by atoms with Gasteiger partial charge in [0.15, 0.2) is 0 Å². The summed E-state index contributed by atoms with van der Waals surface area (Å²) in [7, 11) is 0. The molecule has 4 aromatic carbocycles. The number of hydrogen-bond donors (Lipinski definition) is 7. The Bertz CT molecular complexity index is 1810. The maximum Gasteiger partial charge on any atom is 0.339 e. The summed E-state index contributed by atoms with van der Waals surface area (Å²) < 4.78 is 12.0. The second-order valence-corrected chi connectivity index (χ2v) is 10.8. The number of aromatic carboxylic acids is 3. The van der Waals surface area contributed by atoms with Crippen LogP contribution in [0.2, 0.25) is 0 Å². The molecular weight excluding hydrogens is 604 g/mol. The summed E-state index contributed by atoms with van der Waals surface area (Å²) in [5.74, 6) is -6.95. The molecule has 7 N–H and O–H groups in total. The van der Waals surface area contributed by atoms with Crippen LogP contribution in [0.1, 0.15) is 58.1 Å². The fourth-order valence-corrected chi connectivity index (χ4v) is 5.31. The number of carbonyl (C=O) groups excluding carboxylic acids is 1. The number of rotatable bonds is 11. The average molecular weight is 631 g/mol. The predicted octanol–water partition coefficient (Wildman–Crippen LogP) is 4.08. The molecule has 5 rings (SSSR count). The van der Waals surface area contributed by atoms with Crippen LogP contribution in [-0.4, -0.2) is 72.7 Å². The summed E-state index contributed by atoms with van der Waals surface area (Å²) >= 11 is 0. The van der Waals surface area contributed by atoms with Crippen LogP contribution in [0.25, 0.3) is 0 Å². The number of aromatic hydroxyl groups is 4. The molecule has 1 aliphatic rings. The maximum atomic E-state index is 13.5.